The first-order valence-corrected chi connectivity index (χ1v) is 10.4. The lowest BCUT2D eigenvalue weighted by molar-refractivity contribution is 0.822. The number of fused-ring (bicyclic) bond motifs is 1. The third-order valence-electron chi connectivity index (χ3n) is 3.82. The Morgan fingerprint density at radius 3 is 2.31 bits per heavy atom. The highest BCUT2D eigenvalue weighted by atomic mass is 35.5. The van der Waals surface area contributed by atoms with Crippen molar-refractivity contribution in [1.29, 1.82) is 0 Å². The monoisotopic (exact) mass is 418 g/mol. The number of aromatic nitrogens is 2. The van der Waals surface area contributed by atoms with Crippen LogP contribution in [0.4, 0.5) is 0 Å². The molecule has 0 fully saturated rings. The van der Waals surface area contributed by atoms with Crippen molar-refractivity contribution in [2.45, 2.75) is 10.9 Å². The van der Waals surface area contributed by atoms with Crippen LogP contribution in [0.3, 0.4) is 0 Å². The Morgan fingerprint density at radius 2 is 1.62 bits per heavy atom. The molecule has 0 unspecified atom stereocenters. The number of nitrogens with zero attached hydrogens (tertiary/aromatic N) is 2. The molecule has 0 aliphatic heterocycles. The molecule has 3 nitrogen and oxygen atoms in total. The van der Waals surface area contributed by atoms with Crippen LogP contribution in [0, 0.1) is 0 Å². The molecule has 0 aliphatic carbocycles. The van der Waals surface area contributed by atoms with E-state index in [1.54, 1.807) is 16.7 Å². The molecule has 0 saturated heterocycles. The molecule has 4 aromatic rings. The normalized spacial score (nSPS) is 11.2. The molecule has 0 radical (unpaired) electrons. The highest BCUT2D eigenvalue weighted by Gasteiger charge is 2.14. The van der Waals surface area contributed by atoms with E-state index in [1.807, 2.05) is 47.8 Å². The SMILES string of the molecule is O=c1c2sccc2nc(SCc2ccc(Cl)cc2)n1-c1ccc(Cl)cc1. The van der Waals surface area contributed by atoms with Gasteiger partial charge in [0.1, 0.15) is 4.70 Å². The van der Waals surface area contributed by atoms with Gasteiger partial charge >= 0.3 is 0 Å². The van der Waals surface area contributed by atoms with E-state index in [-0.39, 0.29) is 5.56 Å². The van der Waals surface area contributed by atoms with Gasteiger partial charge in [-0.05, 0) is 53.4 Å². The summed E-state index contributed by atoms with van der Waals surface area (Å²) in [4.78, 5) is 17.7. The molecule has 2 aromatic carbocycles. The van der Waals surface area contributed by atoms with Crippen molar-refractivity contribution in [3.63, 3.8) is 0 Å². The number of rotatable bonds is 4. The minimum Gasteiger partial charge on any atom is -0.267 e. The van der Waals surface area contributed by atoms with Crippen LogP contribution in [0.5, 0.6) is 0 Å². The van der Waals surface area contributed by atoms with Gasteiger partial charge in [-0.25, -0.2) is 4.98 Å². The molecular formula is C19H12Cl2N2OS2. The minimum atomic E-state index is -0.0640. The Bertz CT molecular complexity index is 1120. The molecule has 4 rings (SSSR count). The number of hydrogen-bond acceptors (Lipinski definition) is 4. The quantitative estimate of drug-likeness (QED) is 0.299. The van der Waals surface area contributed by atoms with E-state index in [9.17, 15) is 4.79 Å². The molecule has 26 heavy (non-hydrogen) atoms. The molecule has 0 amide bonds. The van der Waals surface area contributed by atoms with Gasteiger partial charge in [0.25, 0.3) is 5.56 Å². The largest absolute Gasteiger partial charge is 0.276 e. The third kappa shape index (κ3) is 3.53. The number of benzene rings is 2. The summed E-state index contributed by atoms with van der Waals surface area (Å²) in [6.45, 7) is 0. The zero-order chi connectivity index (χ0) is 18.1. The van der Waals surface area contributed by atoms with Gasteiger partial charge in [0, 0.05) is 15.8 Å². The Kier molecular flexibility index (Phi) is 5.05. The topological polar surface area (TPSA) is 34.9 Å². The first kappa shape index (κ1) is 17.6. The first-order valence-electron chi connectivity index (χ1n) is 7.75. The van der Waals surface area contributed by atoms with Crippen LogP contribution in [-0.4, -0.2) is 9.55 Å². The average Bonchev–Trinajstić information content (AvgIpc) is 3.11. The summed E-state index contributed by atoms with van der Waals surface area (Å²) < 4.78 is 2.30. The van der Waals surface area contributed by atoms with Gasteiger partial charge in [0.2, 0.25) is 0 Å². The molecule has 0 N–H and O–H groups in total. The van der Waals surface area contributed by atoms with E-state index in [2.05, 4.69) is 0 Å². The van der Waals surface area contributed by atoms with Gasteiger partial charge in [-0.3, -0.25) is 9.36 Å². The summed E-state index contributed by atoms with van der Waals surface area (Å²) in [5.41, 5.74) is 2.53. The molecule has 130 valence electrons. The second-order valence-electron chi connectivity index (χ2n) is 5.56. The van der Waals surface area contributed by atoms with E-state index < -0.39 is 0 Å². The Labute approximate surface area is 168 Å². The minimum absolute atomic E-state index is 0.0640. The lowest BCUT2D eigenvalue weighted by Crippen LogP contribution is -2.20. The zero-order valence-electron chi connectivity index (χ0n) is 13.4. The van der Waals surface area contributed by atoms with E-state index in [1.165, 1.54) is 23.1 Å². The lowest BCUT2D eigenvalue weighted by Gasteiger charge is -2.12. The van der Waals surface area contributed by atoms with Gasteiger partial charge < -0.3 is 0 Å². The van der Waals surface area contributed by atoms with Crippen molar-refractivity contribution in [1.82, 2.24) is 9.55 Å². The fraction of sp³-hybridized carbons (Fsp3) is 0.0526. The maximum Gasteiger partial charge on any atom is 0.276 e. The van der Waals surface area contributed by atoms with Crippen LogP contribution in [-0.2, 0) is 5.75 Å². The van der Waals surface area contributed by atoms with Crippen molar-refractivity contribution in [3.05, 3.63) is 85.9 Å². The number of halogens is 2. The van der Waals surface area contributed by atoms with Gasteiger partial charge in [0.05, 0.1) is 11.2 Å². The zero-order valence-corrected chi connectivity index (χ0v) is 16.5. The predicted octanol–water partition coefficient (Wildman–Crippen LogP) is 6.05. The maximum absolute atomic E-state index is 13.0. The molecular weight excluding hydrogens is 407 g/mol. The Morgan fingerprint density at radius 1 is 0.962 bits per heavy atom. The lowest BCUT2D eigenvalue weighted by atomic mass is 10.2. The van der Waals surface area contributed by atoms with Crippen molar-refractivity contribution in [2.75, 3.05) is 0 Å². The fourth-order valence-corrected chi connectivity index (χ4v) is 4.52. The van der Waals surface area contributed by atoms with Crippen LogP contribution in [0.15, 0.2) is 69.9 Å². The average molecular weight is 419 g/mol. The smallest absolute Gasteiger partial charge is 0.267 e. The van der Waals surface area contributed by atoms with Crippen molar-refractivity contribution >= 4 is 56.5 Å². The molecule has 0 aliphatic rings. The second-order valence-corrected chi connectivity index (χ2v) is 8.29. The molecule has 0 saturated carbocycles. The summed E-state index contributed by atoms with van der Waals surface area (Å²) in [6.07, 6.45) is 0. The molecule has 0 bridgehead atoms. The van der Waals surface area contributed by atoms with Crippen LogP contribution in [0.1, 0.15) is 5.56 Å². The predicted molar refractivity (Wildman–Crippen MR) is 111 cm³/mol. The maximum atomic E-state index is 13.0. The molecule has 0 atom stereocenters. The molecule has 7 heteroatoms. The number of thiophene rings is 1. The van der Waals surface area contributed by atoms with Gasteiger partial charge in [-0.1, -0.05) is 47.1 Å². The van der Waals surface area contributed by atoms with Crippen LogP contribution in [0.25, 0.3) is 15.9 Å². The van der Waals surface area contributed by atoms with Crippen LogP contribution in [0.2, 0.25) is 10.0 Å². The van der Waals surface area contributed by atoms with Crippen LogP contribution < -0.4 is 5.56 Å². The fourth-order valence-electron chi connectivity index (χ4n) is 2.54. The Balaban J connectivity index is 1.79. The molecule has 2 aromatic heterocycles. The Hall–Kier alpha value is -1.79. The van der Waals surface area contributed by atoms with Crippen molar-refractivity contribution in [2.24, 2.45) is 0 Å². The summed E-state index contributed by atoms with van der Waals surface area (Å²) >= 11 is 14.9. The van der Waals surface area contributed by atoms with E-state index in [0.717, 1.165) is 16.8 Å². The summed E-state index contributed by atoms with van der Waals surface area (Å²) in [5, 5.41) is 3.87. The summed E-state index contributed by atoms with van der Waals surface area (Å²) in [5.74, 6) is 0.687. The second kappa shape index (κ2) is 7.45. The van der Waals surface area contributed by atoms with Gasteiger partial charge in [-0.15, -0.1) is 11.3 Å². The van der Waals surface area contributed by atoms with Crippen molar-refractivity contribution in [3.8, 4) is 5.69 Å². The highest BCUT2D eigenvalue weighted by Crippen LogP contribution is 2.27. The van der Waals surface area contributed by atoms with E-state index in [0.29, 0.717) is 25.7 Å². The highest BCUT2D eigenvalue weighted by molar-refractivity contribution is 7.98. The summed E-state index contributed by atoms with van der Waals surface area (Å²) in [6, 6.07) is 16.8. The van der Waals surface area contributed by atoms with E-state index in [4.69, 9.17) is 28.2 Å². The standard InChI is InChI=1S/C19H12Cl2N2OS2/c20-13-3-1-12(2-4-13)11-26-19-22-16-9-10-25-17(16)18(24)23(19)15-7-5-14(21)6-8-15/h1-10H,11H2. The molecule has 2 heterocycles. The number of thioether (sulfide) groups is 1. The van der Waals surface area contributed by atoms with Crippen LogP contribution >= 0.6 is 46.3 Å². The summed E-state index contributed by atoms with van der Waals surface area (Å²) in [7, 11) is 0. The van der Waals surface area contributed by atoms with Gasteiger partial charge in [-0.2, -0.15) is 0 Å². The van der Waals surface area contributed by atoms with Gasteiger partial charge in [0.15, 0.2) is 5.16 Å². The molecule has 0 spiro atoms. The van der Waals surface area contributed by atoms with E-state index >= 15 is 0 Å². The first-order chi connectivity index (χ1) is 12.6. The third-order valence-corrected chi connectivity index (χ3v) is 6.22. The number of hydrogen-bond donors (Lipinski definition) is 0. The van der Waals surface area contributed by atoms with Crippen molar-refractivity contribution < 1.29 is 0 Å².